The van der Waals surface area contributed by atoms with E-state index in [-0.39, 0.29) is 40.3 Å². The van der Waals surface area contributed by atoms with Crippen LogP contribution in [0.5, 0.6) is 0 Å². The zero-order chi connectivity index (χ0) is 23.6. The summed E-state index contributed by atoms with van der Waals surface area (Å²) in [5.41, 5.74) is 1.76. The fraction of sp³-hybridized carbons (Fsp3) is 0.208. The van der Waals surface area contributed by atoms with Crippen LogP contribution in [0.25, 0.3) is 0 Å². The number of piperazine rings is 1. The van der Waals surface area contributed by atoms with Crippen LogP contribution in [-0.2, 0) is 10.0 Å². The standard InChI is InChI=1S/C24H23ClFN3O3S/c1-27(20-5-3-2-4-6-20)24(30)18-7-12-22(25)23(17-18)33(31,32)29-15-13-28(14-16-29)21-10-8-19(26)9-11-21/h2-12,17H,13-16H2,1H3. The van der Waals surface area contributed by atoms with Gasteiger partial charge in [-0.15, -0.1) is 0 Å². The average molecular weight is 488 g/mol. The highest BCUT2D eigenvalue weighted by atomic mass is 35.5. The second kappa shape index (κ2) is 9.51. The maximum atomic E-state index is 13.4. The predicted molar refractivity (Wildman–Crippen MR) is 128 cm³/mol. The summed E-state index contributed by atoms with van der Waals surface area (Å²) >= 11 is 6.26. The van der Waals surface area contributed by atoms with Crippen LogP contribution >= 0.6 is 11.6 Å². The number of amides is 1. The number of carbonyl (C=O) groups excluding carboxylic acids is 1. The molecule has 0 N–H and O–H groups in total. The van der Waals surface area contributed by atoms with Gasteiger partial charge in [0.25, 0.3) is 5.91 Å². The number of carbonyl (C=O) groups is 1. The zero-order valence-corrected chi connectivity index (χ0v) is 19.6. The lowest BCUT2D eigenvalue weighted by molar-refractivity contribution is 0.0993. The van der Waals surface area contributed by atoms with Gasteiger partial charge in [0.05, 0.1) is 5.02 Å². The minimum Gasteiger partial charge on any atom is -0.369 e. The van der Waals surface area contributed by atoms with Gasteiger partial charge in [-0.05, 0) is 54.6 Å². The van der Waals surface area contributed by atoms with Gasteiger partial charge < -0.3 is 9.80 Å². The third-order valence-electron chi connectivity index (χ3n) is 5.67. The Labute approximate surface area is 197 Å². The van der Waals surface area contributed by atoms with Crippen molar-refractivity contribution in [1.82, 2.24) is 4.31 Å². The van der Waals surface area contributed by atoms with Crippen LogP contribution in [0.3, 0.4) is 0 Å². The van der Waals surface area contributed by atoms with E-state index >= 15 is 0 Å². The van der Waals surface area contributed by atoms with E-state index in [9.17, 15) is 17.6 Å². The van der Waals surface area contributed by atoms with Crippen LogP contribution in [0.2, 0.25) is 5.02 Å². The third kappa shape index (κ3) is 4.88. The number of anilines is 2. The minimum atomic E-state index is -3.91. The van der Waals surface area contributed by atoms with E-state index in [2.05, 4.69) is 0 Å². The van der Waals surface area contributed by atoms with Crippen LogP contribution in [0, 0.1) is 5.82 Å². The molecule has 4 rings (SSSR count). The molecular formula is C24H23ClFN3O3S. The molecular weight excluding hydrogens is 465 g/mol. The average Bonchev–Trinajstić information content (AvgIpc) is 2.84. The van der Waals surface area contributed by atoms with Gasteiger partial charge in [-0.1, -0.05) is 29.8 Å². The number of hydrogen-bond acceptors (Lipinski definition) is 4. The Hall–Kier alpha value is -2.94. The lowest BCUT2D eigenvalue weighted by Crippen LogP contribution is -2.48. The second-order valence-corrected chi connectivity index (χ2v) is 10.0. The van der Waals surface area contributed by atoms with Gasteiger partial charge in [0.1, 0.15) is 10.7 Å². The van der Waals surface area contributed by atoms with Crippen LogP contribution < -0.4 is 9.80 Å². The fourth-order valence-electron chi connectivity index (χ4n) is 3.77. The summed E-state index contributed by atoms with van der Waals surface area (Å²) in [4.78, 5) is 16.3. The first kappa shape index (κ1) is 23.2. The molecule has 0 radical (unpaired) electrons. The third-order valence-corrected chi connectivity index (χ3v) is 8.05. The van der Waals surface area contributed by atoms with Gasteiger partial charge in [-0.3, -0.25) is 4.79 Å². The molecule has 0 atom stereocenters. The Kier molecular flexibility index (Phi) is 6.69. The lowest BCUT2D eigenvalue weighted by atomic mass is 10.2. The quantitative estimate of drug-likeness (QED) is 0.539. The molecule has 33 heavy (non-hydrogen) atoms. The smallest absolute Gasteiger partial charge is 0.258 e. The summed E-state index contributed by atoms with van der Waals surface area (Å²) in [5.74, 6) is -0.655. The normalized spacial score (nSPS) is 14.8. The molecule has 1 fully saturated rings. The molecule has 1 amide bonds. The molecule has 1 heterocycles. The largest absolute Gasteiger partial charge is 0.369 e. The van der Waals surface area contributed by atoms with Gasteiger partial charge in [0.15, 0.2) is 0 Å². The number of hydrogen-bond donors (Lipinski definition) is 0. The molecule has 1 aliphatic heterocycles. The van der Waals surface area contributed by atoms with Crippen molar-refractivity contribution >= 4 is 38.9 Å². The first-order chi connectivity index (χ1) is 15.8. The summed E-state index contributed by atoms with van der Waals surface area (Å²) in [6.07, 6.45) is 0. The van der Waals surface area contributed by atoms with E-state index in [4.69, 9.17) is 11.6 Å². The summed E-state index contributed by atoms with van der Waals surface area (Å²) in [5, 5.41) is 0.0647. The first-order valence-corrected chi connectivity index (χ1v) is 12.2. The minimum absolute atomic E-state index is 0.0647. The SMILES string of the molecule is CN(C(=O)c1ccc(Cl)c(S(=O)(=O)N2CCN(c3ccc(F)cc3)CC2)c1)c1ccccc1. The molecule has 1 aliphatic rings. The summed E-state index contributed by atoms with van der Waals surface area (Å²) < 4.78 is 41.3. The molecule has 6 nitrogen and oxygen atoms in total. The monoisotopic (exact) mass is 487 g/mol. The van der Waals surface area contributed by atoms with Gasteiger partial charge >= 0.3 is 0 Å². The van der Waals surface area contributed by atoms with Crippen molar-refractivity contribution in [2.24, 2.45) is 0 Å². The Bertz CT molecular complexity index is 1250. The van der Waals surface area contributed by atoms with E-state index in [0.29, 0.717) is 18.8 Å². The molecule has 1 saturated heterocycles. The zero-order valence-electron chi connectivity index (χ0n) is 18.0. The molecule has 0 aromatic heterocycles. The van der Waals surface area contributed by atoms with Crippen molar-refractivity contribution in [3.8, 4) is 0 Å². The number of sulfonamides is 1. The molecule has 3 aromatic rings. The fourth-order valence-corrected chi connectivity index (χ4v) is 5.70. The van der Waals surface area contributed by atoms with Crippen molar-refractivity contribution in [3.63, 3.8) is 0 Å². The molecule has 0 saturated carbocycles. The molecule has 3 aromatic carbocycles. The van der Waals surface area contributed by atoms with E-state index in [1.54, 1.807) is 31.3 Å². The van der Waals surface area contributed by atoms with Crippen LogP contribution in [0.1, 0.15) is 10.4 Å². The molecule has 0 spiro atoms. The number of nitrogens with zero attached hydrogens (tertiary/aromatic N) is 3. The van der Waals surface area contributed by atoms with Crippen molar-refractivity contribution in [2.45, 2.75) is 4.90 Å². The highest BCUT2D eigenvalue weighted by molar-refractivity contribution is 7.89. The highest BCUT2D eigenvalue weighted by Gasteiger charge is 2.31. The molecule has 9 heteroatoms. The van der Waals surface area contributed by atoms with Crippen molar-refractivity contribution in [3.05, 3.63) is 89.2 Å². The van der Waals surface area contributed by atoms with Crippen LogP contribution in [-0.4, -0.2) is 51.9 Å². The Morgan fingerprint density at radius 3 is 2.21 bits per heavy atom. The van der Waals surface area contributed by atoms with E-state index in [0.717, 1.165) is 5.69 Å². The molecule has 172 valence electrons. The number of benzene rings is 3. The van der Waals surface area contributed by atoms with Gasteiger partial charge in [0, 0.05) is 50.2 Å². The maximum absolute atomic E-state index is 13.4. The summed E-state index contributed by atoms with van der Waals surface area (Å²) in [7, 11) is -2.27. The van der Waals surface area contributed by atoms with Gasteiger partial charge in [0.2, 0.25) is 10.0 Å². The second-order valence-electron chi connectivity index (χ2n) is 7.71. The molecule has 0 aliphatic carbocycles. The van der Waals surface area contributed by atoms with Gasteiger partial charge in [-0.2, -0.15) is 4.31 Å². The number of halogens is 2. The van der Waals surface area contributed by atoms with Crippen molar-refractivity contribution < 1.29 is 17.6 Å². The topological polar surface area (TPSA) is 60.9 Å². The first-order valence-electron chi connectivity index (χ1n) is 10.4. The lowest BCUT2D eigenvalue weighted by Gasteiger charge is -2.35. The Balaban J connectivity index is 1.53. The van der Waals surface area contributed by atoms with E-state index < -0.39 is 10.0 Å². The van der Waals surface area contributed by atoms with Crippen molar-refractivity contribution in [1.29, 1.82) is 0 Å². The highest BCUT2D eigenvalue weighted by Crippen LogP contribution is 2.28. The van der Waals surface area contributed by atoms with Crippen LogP contribution in [0.15, 0.2) is 77.7 Å². The number of para-hydroxylation sites is 1. The Morgan fingerprint density at radius 1 is 0.939 bits per heavy atom. The van der Waals surface area contributed by atoms with Crippen molar-refractivity contribution in [2.75, 3.05) is 43.0 Å². The maximum Gasteiger partial charge on any atom is 0.258 e. The van der Waals surface area contributed by atoms with E-state index in [1.165, 1.54) is 39.5 Å². The van der Waals surface area contributed by atoms with Crippen LogP contribution in [0.4, 0.5) is 15.8 Å². The summed E-state index contributed by atoms with van der Waals surface area (Å²) in [6, 6.07) is 19.5. The molecule has 0 unspecified atom stereocenters. The predicted octanol–water partition coefficient (Wildman–Crippen LogP) is 4.27. The Morgan fingerprint density at radius 2 is 1.58 bits per heavy atom. The number of rotatable bonds is 5. The molecule has 0 bridgehead atoms. The van der Waals surface area contributed by atoms with E-state index in [1.807, 2.05) is 23.1 Å². The summed E-state index contributed by atoms with van der Waals surface area (Å²) in [6.45, 7) is 1.41. The van der Waals surface area contributed by atoms with Gasteiger partial charge in [-0.25, -0.2) is 12.8 Å².